The van der Waals surface area contributed by atoms with E-state index in [9.17, 15) is 9.59 Å². The number of carbonyl (C=O) groups is 2. The van der Waals surface area contributed by atoms with Crippen molar-refractivity contribution in [3.05, 3.63) is 64.5 Å². The molecule has 0 radical (unpaired) electrons. The Morgan fingerprint density at radius 1 is 1.24 bits per heavy atom. The van der Waals surface area contributed by atoms with E-state index in [0.29, 0.717) is 17.0 Å². The molecule has 0 fully saturated rings. The number of rotatable bonds is 6. The fraction of sp³-hybridized carbons (Fsp3) is 0.125. The average molecular weight is 301 g/mol. The molecule has 1 aromatic carbocycles. The molecule has 108 valence electrons. The molecule has 5 heteroatoms. The van der Waals surface area contributed by atoms with Crippen LogP contribution in [0.15, 0.2) is 54.1 Å². The van der Waals surface area contributed by atoms with Crippen molar-refractivity contribution in [1.29, 1.82) is 0 Å². The van der Waals surface area contributed by atoms with Gasteiger partial charge in [0, 0.05) is 18.0 Å². The number of thiophene rings is 1. The second-order valence-corrected chi connectivity index (χ2v) is 5.06. The van der Waals surface area contributed by atoms with Crippen LogP contribution in [-0.2, 0) is 4.74 Å². The van der Waals surface area contributed by atoms with E-state index in [1.54, 1.807) is 43.5 Å². The van der Waals surface area contributed by atoms with Crippen molar-refractivity contribution in [3.63, 3.8) is 0 Å². The highest BCUT2D eigenvalue weighted by Crippen LogP contribution is 2.12. The summed E-state index contributed by atoms with van der Waals surface area (Å²) in [7, 11) is 0. The largest absolute Gasteiger partial charge is 0.462 e. The van der Waals surface area contributed by atoms with Crippen LogP contribution in [0.2, 0.25) is 0 Å². The second kappa shape index (κ2) is 7.40. The Labute approximate surface area is 127 Å². The smallest absolute Gasteiger partial charge is 0.338 e. The van der Waals surface area contributed by atoms with Gasteiger partial charge in [-0.25, -0.2) is 4.79 Å². The first kappa shape index (κ1) is 15.0. The number of ether oxygens (including phenoxy) is 1. The van der Waals surface area contributed by atoms with Crippen LogP contribution in [0, 0.1) is 0 Å². The number of ketones is 1. The highest BCUT2D eigenvalue weighted by atomic mass is 32.1. The lowest BCUT2D eigenvalue weighted by atomic mass is 10.2. The SMILES string of the molecule is CCOC(=O)c1ccc(N/C=C/C(=O)c2cccs2)cc1. The molecular weight excluding hydrogens is 286 g/mol. The van der Waals surface area contributed by atoms with Gasteiger partial charge in [0.25, 0.3) is 0 Å². The normalized spacial score (nSPS) is 10.5. The molecule has 0 aliphatic rings. The zero-order valence-electron chi connectivity index (χ0n) is 11.5. The van der Waals surface area contributed by atoms with E-state index >= 15 is 0 Å². The van der Waals surface area contributed by atoms with Crippen molar-refractivity contribution in [2.75, 3.05) is 11.9 Å². The van der Waals surface area contributed by atoms with Crippen LogP contribution < -0.4 is 5.32 Å². The van der Waals surface area contributed by atoms with Crippen molar-refractivity contribution in [2.45, 2.75) is 6.92 Å². The molecule has 0 saturated carbocycles. The summed E-state index contributed by atoms with van der Waals surface area (Å²) in [5, 5.41) is 4.85. The predicted octanol–water partition coefficient (Wildman–Crippen LogP) is 3.73. The summed E-state index contributed by atoms with van der Waals surface area (Å²) in [5.41, 5.74) is 1.29. The Morgan fingerprint density at radius 2 is 2.00 bits per heavy atom. The summed E-state index contributed by atoms with van der Waals surface area (Å²) in [5.74, 6) is -0.381. The molecule has 1 N–H and O–H groups in total. The van der Waals surface area contributed by atoms with E-state index in [2.05, 4.69) is 5.32 Å². The Kier molecular flexibility index (Phi) is 5.29. The molecule has 1 heterocycles. The molecule has 0 saturated heterocycles. The summed E-state index contributed by atoms with van der Waals surface area (Å²) in [6, 6.07) is 10.5. The van der Waals surface area contributed by atoms with Crippen LogP contribution >= 0.6 is 11.3 Å². The maximum atomic E-state index is 11.7. The molecule has 2 rings (SSSR count). The Bertz CT molecular complexity index is 630. The molecule has 0 unspecified atom stereocenters. The standard InChI is InChI=1S/C16H15NO3S/c1-2-20-16(19)12-5-7-13(8-6-12)17-10-9-14(18)15-4-3-11-21-15/h3-11,17H,2H2,1H3/b10-9+. The number of nitrogens with one attached hydrogen (secondary N) is 1. The van der Waals surface area contributed by atoms with E-state index in [1.807, 2.05) is 11.4 Å². The van der Waals surface area contributed by atoms with Gasteiger partial charge < -0.3 is 10.1 Å². The topological polar surface area (TPSA) is 55.4 Å². The lowest BCUT2D eigenvalue weighted by Gasteiger charge is -2.03. The van der Waals surface area contributed by atoms with Gasteiger partial charge >= 0.3 is 5.97 Å². The third-order valence-corrected chi connectivity index (χ3v) is 3.53. The first-order valence-electron chi connectivity index (χ1n) is 6.49. The van der Waals surface area contributed by atoms with Crippen LogP contribution in [-0.4, -0.2) is 18.4 Å². The van der Waals surface area contributed by atoms with Crippen LogP contribution in [0.1, 0.15) is 27.0 Å². The fourth-order valence-electron chi connectivity index (χ4n) is 1.63. The minimum Gasteiger partial charge on any atom is -0.462 e. The maximum Gasteiger partial charge on any atom is 0.338 e. The van der Waals surface area contributed by atoms with Crippen molar-refractivity contribution < 1.29 is 14.3 Å². The summed E-state index contributed by atoms with van der Waals surface area (Å²) >= 11 is 1.41. The first-order valence-corrected chi connectivity index (χ1v) is 7.37. The van der Waals surface area contributed by atoms with Gasteiger partial charge in [-0.3, -0.25) is 4.79 Å². The molecular formula is C16H15NO3S. The van der Waals surface area contributed by atoms with Gasteiger partial charge in [-0.1, -0.05) is 6.07 Å². The molecule has 21 heavy (non-hydrogen) atoms. The summed E-state index contributed by atoms with van der Waals surface area (Å²) in [6.07, 6.45) is 3.06. The first-order chi connectivity index (χ1) is 10.2. The molecule has 0 bridgehead atoms. The summed E-state index contributed by atoms with van der Waals surface area (Å²) in [4.78, 5) is 23.9. The molecule has 4 nitrogen and oxygen atoms in total. The maximum absolute atomic E-state index is 11.7. The molecule has 2 aromatic rings. The number of allylic oxidation sites excluding steroid dienone is 1. The van der Waals surface area contributed by atoms with Crippen molar-refractivity contribution in [2.24, 2.45) is 0 Å². The van der Waals surface area contributed by atoms with Crippen molar-refractivity contribution in [1.82, 2.24) is 0 Å². The quantitative estimate of drug-likeness (QED) is 0.502. The highest BCUT2D eigenvalue weighted by Gasteiger charge is 2.05. The van der Waals surface area contributed by atoms with E-state index < -0.39 is 0 Å². The highest BCUT2D eigenvalue weighted by molar-refractivity contribution is 7.12. The van der Waals surface area contributed by atoms with Gasteiger partial charge in [0.15, 0.2) is 5.78 Å². The predicted molar refractivity (Wildman–Crippen MR) is 83.8 cm³/mol. The Hall–Kier alpha value is -2.40. The lowest BCUT2D eigenvalue weighted by Crippen LogP contribution is -2.04. The van der Waals surface area contributed by atoms with Crippen molar-refractivity contribution in [3.8, 4) is 0 Å². The molecule has 0 aliphatic heterocycles. The fourth-order valence-corrected chi connectivity index (χ4v) is 2.28. The number of anilines is 1. The molecule has 1 aromatic heterocycles. The van der Waals surface area contributed by atoms with Crippen LogP contribution in [0.4, 0.5) is 5.69 Å². The Balaban J connectivity index is 1.92. The zero-order chi connectivity index (χ0) is 15.1. The Morgan fingerprint density at radius 3 is 2.62 bits per heavy atom. The minimum atomic E-state index is -0.340. The number of carbonyl (C=O) groups excluding carboxylic acids is 2. The van der Waals surface area contributed by atoms with E-state index in [4.69, 9.17) is 4.74 Å². The van der Waals surface area contributed by atoms with Gasteiger partial charge in [0.1, 0.15) is 0 Å². The third kappa shape index (κ3) is 4.29. The number of hydrogen-bond donors (Lipinski definition) is 1. The average Bonchev–Trinajstić information content (AvgIpc) is 3.02. The second-order valence-electron chi connectivity index (χ2n) is 4.12. The number of benzene rings is 1. The molecule has 0 atom stereocenters. The van der Waals surface area contributed by atoms with E-state index in [-0.39, 0.29) is 11.8 Å². The zero-order valence-corrected chi connectivity index (χ0v) is 12.4. The van der Waals surface area contributed by atoms with Gasteiger partial charge in [0.2, 0.25) is 0 Å². The van der Waals surface area contributed by atoms with Gasteiger partial charge in [-0.15, -0.1) is 11.3 Å². The van der Waals surface area contributed by atoms with Gasteiger partial charge in [-0.05, 0) is 42.6 Å². The van der Waals surface area contributed by atoms with Gasteiger partial charge in [-0.2, -0.15) is 0 Å². The van der Waals surface area contributed by atoms with Crippen molar-refractivity contribution >= 4 is 28.8 Å². The number of hydrogen-bond acceptors (Lipinski definition) is 5. The number of esters is 1. The van der Waals surface area contributed by atoms with E-state index in [0.717, 1.165) is 5.69 Å². The summed E-state index contributed by atoms with van der Waals surface area (Å²) in [6.45, 7) is 2.12. The molecule has 0 amide bonds. The van der Waals surface area contributed by atoms with Crippen LogP contribution in [0.25, 0.3) is 0 Å². The van der Waals surface area contributed by atoms with Gasteiger partial charge in [0.05, 0.1) is 17.0 Å². The van der Waals surface area contributed by atoms with Crippen LogP contribution in [0.3, 0.4) is 0 Å². The monoisotopic (exact) mass is 301 g/mol. The van der Waals surface area contributed by atoms with E-state index in [1.165, 1.54) is 17.4 Å². The molecule has 0 spiro atoms. The lowest BCUT2D eigenvalue weighted by molar-refractivity contribution is 0.0526. The minimum absolute atomic E-state index is 0.0411. The summed E-state index contributed by atoms with van der Waals surface area (Å²) < 4.78 is 4.90. The van der Waals surface area contributed by atoms with Crippen LogP contribution in [0.5, 0.6) is 0 Å². The third-order valence-electron chi connectivity index (χ3n) is 2.64. The molecule has 0 aliphatic carbocycles.